The fourth-order valence-electron chi connectivity index (χ4n) is 3.52. The van der Waals surface area contributed by atoms with E-state index in [-0.39, 0.29) is 30.1 Å². The van der Waals surface area contributed by atoms with Gasteiger partial charge in [-0.1, -0.05) is 26.0 Å². The molecule has 29 heavy (non-hydrogen) atoms. The van der Waals surface area contributed by atoms with Gasteiger partial charge in [0, 0.05) is 5.92 Å². The van der Waals surface area contributed by atoms with Gasteiger partial charge in [-0.3, -0.25) is 14.1 Å². The van der Waals surface area contributed by atoms with Crippen molar-refractivity contribution in [3.63, 3.8) is 0 Å². The van der Waals surface area contributed by atoms with Crippen molar-refractivity contribution in [2.45, 2.75) is 57.3 Å². The molecular formula is C20H28O8S. The fourth-order valence-corrected chi connectivity index (χ4v) is 4.00. The Morgan fingerprint density at radius 3 is 2.07 bits per heavy atom. The number of carbonyl (C=O) groups is 3. The molecule has 4 unspecified atom stereocenters. The van der Waals surface area contributed by atoms with Crippen LogP contribution < -0.4 is 0 Å². The zero-order valence-corrected chi connectivity index (χ0v) is 17.6. The molecule has 162 valence electrons. The molecule has 0 spiro atoms. The minimum atomic E-state index is -4.32. The molecule has 0 radical (unpaired) electrons. The molecule has 0 saturated heterocycles. The molecule has 0 aliphatic carbocycles. The molecule has 0 amide bonds. The third kappa shape index (κ3) is 6.93. The fraction of sp³-hybridized carbons (Fsp3) is 0.550. The van der Waals surface area contributed by atoms with Gasteiger partial charge >= 0.3 is 11.9 Å². The lowest BCUT2D eigenvalue weighted by Gasteiger charge is -2.31. The topological polar surface area (TPSA) is 146 Å². The predicted molar refractivity (Wildman–Crippen MR) is 105 cm³/mol. The standard InChI is InChI=1S/C20H28O8S/c1-4-14(12-21)9-16(18(22)23)11-20(3,19(24)25)10-13(2)15-5-7-17(8-6-15)29(26,27)28/h5-8,12-14,16H,4,9-11H2,1-3H3,(H,22,23)(H,24,25)(H,26,27,28). The molecule has 0 fully saturated rings. The largest absolute Gasteiger partial charge is 0.481 e. The van der Waals surface area contributed by atoms with Crippen LogP contribution in [-0.2, 0) is 24.5 Å². The van der Waals surface area contributed by atoms with Crippen LogP contribution in [0.3, 0.4) is 0 Å². The first-order chi connectivity index (χ1) is 13.3. The molecule has 4 atom stereocenters. The highest BCUT2D eigenvalue weighted by molar-refractivity contribution is 7.85. The van der Waals surface area contributed by atoms with Crippen molar-refractivity contribution < 1.29 is 37.6 Å². The van der Waals surface area contributed by atoms with E-state index in [1.165, 1.54) is 31.2 Å². The van der Waals surface area contributed by atoms with Crippen LogP contribution in [0.5, 0.6) is 0 Å². The summed E-state index contributed by atoms with van der Waals surface area (Å²) in [6.07, 6.45) is 1.25. The summed E-state index contributed by atoms with van der Waals surface area (Å²) in [5.41, 5.74) is -0.693. The van der Waals surface area contributed by atoms with Crippen LogP contribution in [0.15, 0.2) is 29.2 Å². The summed E-state index contributed by atoms with van der Waals surface area (Å²) in [5.74, 6) is -4.00. The molecule has 0 bridgehead atoms. The van der Waals surface area contributed by atoms with E-state index in [0.29, 0.717) is 18.3 Å². The lowest BCUT2D eigenvalue weighted by atomic mass is 9.72. The highest BCUT2D eigenvalue weighted by Crippen LogP contribution is 2.39. The van der Waals surface area contributed by atoms with Crippen molar-refractivity contribution in [3.8, 4) is 0 Å². The van der Waals surface area contributed by atoms with Gasteiger partial charge in [-0.25, -0.2) is 0 Å². The lowest BCUT2D eigenvalue weighted by molar-refractivity contribution is -0.152. The van der Waals surface area contributed by atoms with Gasteiger partial charge in [0.15, 0.2) is 0 Å². The second kappa shape index (κ2) is 9.98. The number of aldehydes is 1. The first kappa shape index (κ1) is 24.8. The van der Waals surface area contributed by atoms with Crippen LogP contribution in [0.4, 0.5) is 0 Å². The number of hydrogen-bond acceptors (Lipinski definition) is 5. The summed E-state index contributed by atoms with van der Waals surface area (Å²) < 4.78 is 31.4. The van der Waals surface area contributed by atoms with Crippen LogP contribution in [0.25, 0.3) is 0 Å². The molecule has 0 aliphatic rings. The van der Waals surface area contributed by atoms with Gasteiger partial charge < -0.3 is 15.0 Å². The molecule has 8 nitrogen and oxygen atoms in total. The zero-order valence-electron chi connectivity index (χ0n) is 16.7. The number of benzene rings is 1. The molecule has 9 heteroatoms. The number of carboxylic acid groups (broad SMARTS) is 2. The molecule has 0 aromatic heterocycles. The minimum absolute atomic E-state index is 0.0790. The Bertz CT molecular complexity index is 831. The monoisotopic (exact) mass is 428 g/mol. The van der Waals surface area contributed by atoms with Crippen molar-refractivity contribution in [3.05, 3.63) is 29.8 Å². The maximum absolute atomic E-state index is 12.0. The summed E-state index contributed by atoms with van der Waals surface area (Å²) in [5, 5.41) is 19.3. The van der Waals surface area contributed by atoms with E-state index in [0.717, 1.165) is 0 Å². The summed E-state index contributed by atoms with van der Waals surface area (Å²) in [4.78, 5) is 34.5. The molecule has 1 aromatic carbocycles. The normalized spacial score (nSPS) is 17.0. The van der Waals surface area contributed by atoms with E-state index in [4.69, 9.17) is 4.55 Å². The van der Waals surface area contributed by atoms with Gasteiger partial charge in [0.25, 0.3) is 10.1 Å². The molecular weight excluding hydrogens is 400 g/mol. The third-order valence-electron chi connectivity index (χ3n) is 5.37. The van der Waals surface area contributed by atoms with Gasteiger partial charge in [-0.15, -0.1) is 0 Å². The molecule has 1 aromatic rings. The number of rotatable bonds is 12. The second-order valence-electron chi connectivity index (χ2n) is 7.79. The number of hydrogen-bond donors (Lipinski definition) is 3. The van der Waals surface area contributed by atoms with Gasteiger partial charge in [0.1, 0.15) is 6.29 Å². The summed E-state index contributed by atoms with van der Waals surface area (Å²) in [6.45, 7) is 5.02. The van der Waals surface area contributed by atoms with E-state index in [9.17, 15) is 33.0 Å². The van der Waals surface area contributed by atoms with Gasteiger partial charge in [-0.05, 0) is 56.2 Å². The van der Waals surface area contributed by atoms with E-state index in [2.05, 4.69) is 0 Å². The first-order valence-electron chi connectivity index (χ1n) is 9.33. The highest BCUT2D eigenvalue weighted by Gasteiger charge is 2.40. The van der Waals surface area contributed by atoms with Crippen LogP contribution in [0, 0.1) is 17.3 Å². The minimum Gasteiger partial charge on any atom is -0.481 e. The van der Waals surface area contributed by atoms with Gasteiger partial charge in [-0.2, -0.15) is 8.42 Å². The molecule has 0 aliphatic heterocycles. The van der Waals surface area contributed by atoms with Gasteiger partial charge in [0.2, 0.25) is 0 Å². The Morgan fingerprint density at radius 1 is 1.14 bits per heavy atom. The third-order valence-corrected chi connectivity index (χ3v) is 6.24. The average molecular weight is 429 g/mol. The molecule has 0 heterocycles. The van der Waals surface area contributed by atoms with Crippen molar-refractivity contribution in [2.75, 3.05) is 0 Å². The highest BCUT2D eigenvalue weighted by atomic mass is 32.2. The Hall–Kier alpha value is -2.26. The summed E-state index contributed by atoms with van der Waals surface area (Å²) in [7, 11) is -4.32. The molecule has 1 rings (SSSR count). The quantitative estimate of drug-likeness (QED) is 0.340. The van der Waals surface area contributed by atoms with Crippen molar-refractivity contribution in [2.24, 2.45) is 17.3 Å². The number of carbonyl (C=O) groups excluding carboxylic acids is 1. The predicted octanol–water partition coefficient (Wildman–Crippen LogP) is 3.22. The number of aliphatic carboxylic acids is 2. The van der Waals surface area contributed by atoms with Crippen LogP contribution in [0.2, 0.25) is 0 Å². The van der Waals surface area contributed by atoms with Crippen molar-refractivity contribution in [1.82, 2.24) is 0 Å². The summed E-state index contributed by atoms with van der Waals surface area (Å²) in [6, 6.07) is 5.44. The Balaban J connectivity index is 3.06. The Kier molecular flexibility index (Phi) is 8.52. The summed E-state index contributed by atoms with van der Waals surface area (Å²) >= 11 is 0. The van der Waals surface area contributed by atoms with Crippen LogP contribution in [-0.4, -0.2) is 41.4 Å². The van der Waals surface area contributed by atoms with Crippen LogP contribution >= 0.6 is 0 Å². The van der Waals surface area contributed by atoms with Crippen molar-refractivity contribution in [1.29, 1.82) is 0 Å². The van der Waals surface area contributed by atoms with Crippen LogP contribution in [0.1, 0.15) is 57.9 Å². The van der Waals surface area contributed by atoms with Gasteiger partial charge in [0.05, 0.1) is 16.2 Å². The SMILES string of the molecule is CCC(C=O)CC(CC(C)(CC(C)c1ccc(S(=O)(=O)O)cc1)C(=O)O)C(=O)O. The van der Waals surface area contributed by atoms with E-state index < -0.39 is 39.3 Å². The zero-order chi connectivity index (χ0) is 22.4. The number of carboxylic acids is 2. The first-order valence-corrected chi connectivity index (χ1v) is 10.8. The Morgan fingerprint density at radius 2 is 1.69 bits per heavy atom. The van der Waals surface area contributed by atoms with E-state index in [1.807, 2.05) is 0 Å². The smallest absolute Gasteiger partial charge is 0.309 e. The van der Waals surface area contributed by atoms with E-state index in [1.54, 1.807) is 13.8 Å². The average Bonchev–Trinajstić information content (AvgIpc) is 2.64. The Labute approximate surface area is 170 Å². The second-order valence-corrected chi connectivity index (χ2v) is 9.22. The van der Waals surface area contributed by atoms with E-state index >= 15 is 0 Å². The maximum atomic E-state index is 12.0. The van der Waals surface area contributed by atoms with Crippen molar-refractivity contribution >= 4 is 28.3 Å². The lowest BCUT2D eigenvalue weighted by Crippen LogP contribution is -2.34. The molecule has 0 saturated carbocycles. The maximum Gasteiger partial charge on any atom is 0.309 e. The molecule has 3 N–H and O–H groups in total.